The van der Waals surface area contributed by atoms with E-state index >= 15 is 0 Å². The van der Waals surface area contributed by atoms with Crippen LogP contribution < -0.4 is 0 Å². The van der Waals surface area contributed by atoms with Crippen molar-refractivity contribution < 1.29 is 13.5 Å². The van der Waals surface area contributed by atoms with Gasteiger partial charge in [-0.05, 0) is 12.5 Å². The van der Waals surface area contributed by atoms with Crippen LogP contribution in [0.2, 0.25) is 0 Å². The topological polar surface area (TPSA) is 39.9 Å². The number of aromatic nitrogens is 3. The highest BCUT2D eigenvalue weighted by atomic mass is 19.1. The molecule has 0 radical (unpaired) electrons. The van der Waals surface area contributed by atoms with Crippen molar-refractivity contribution in [3.63, 3.8) is 0 Å². The minimum atomic E-state index is -0.590. The molecule has 1 aromatic carbocycles. The molecule has 0 amide bonds. The molecule has 0 aliphatic carbocycles. The summed E-state index contributed by atoms with van der Waals surface area (Å²) in [5.41, 5.74) is 0.351. The molecule has 1 heterocycles. The Morgan fingerprint density at radius 3 is 2.25 bits per heavy atom. The number of hydrogen-bond donors (Lipinski definition) is 0. The van der Waals surface area contributed by atoms with Gasteiger partial charge in [-0.3, -0.25) is 4.68 Å². The van der Waals surface area contributed by atoms with Crippen molar-refractivity contribution in [2.75, 3.05) is 6.61 Å². The normalized spacial score (nSPS) is 12.4. The lowest BCUT2D eigenvalue weighted by molar-refractivity contribution is 0.0331. The Morgan fingerprint density at radius 2 is 1.64 bits per heavy atom. The van der Waals surface area contributed by atoms with Gasteiger partial charge in [-0.25, -0.2) is 13.8 Å². The van der Waals surface area contributed by atoms with Crippen molar-refractivity contribution in [1.29, 1.82) is 0 Å². The third-order valence-electron chi connectivity index (χ3n) is 4.95. The first kappa shape index (κ1) is 22.5. The van der Waals surface area contributed by atoms with E-state index in [4.69, 9.17) is 4.74 Å². The monoisotopic (exact) mass is 393 g/mol. The second kappa shape index (κ2) is 13.4. The van der Waals surface area contributed by atoms with Gasteiger partial charge in [0.05, 0.1) is 6.54 Å². The first-order valence-electron chi connectivity index (χ1n) is 10.6. The lowest BCUT2D eigenvalue weighted by atomic mass is 10.1. The number of halogens is 2. The minimum Gasteiger partial charge on any atom is -0.371 e. The number of benzene rings is 1. The summed E-state index contributed by atoms with van der Waals surface area (Å²) >= 11 is 0. The van der Waals surface area contributed by atoms with Crippen LogP contribution in [0.25, 0.3) is 0 Å². The van der Waals surface area contributed by atoms with E-state index in [2.05, 4.69) is 17.0 Å². The van der Waals surface area contributed by atoms with Crippen molar-refractivity contribution >= 4 is 0 Å². The highest BCUT2D eigenvalue weighted by molar-refractivity contribution is 5.21. The molecular weight excluding hydrogens is 360 g/mol. The minimum absolute atomic E-state index is 0.348. The van der Waals surface area contributed by atoms with Crippen LogP contribution in [0.15, 0.2) is 30.9 Å². The molecule has 2 aromatic rings. The number of nitrogens with zero attached hydrogens (tertiary/aromatic N) is 3. The van der Waals surface area contributed by atoms with Gasteiger partial charge in [-0.1, -0.05) is 70.8 Å². The highest BCUT2D eigenvalue weighted by Gasteiger charge is 2.18. The van der Waals surface area contributed by atoms with E-state index in [1.807, 2.05) is 0 Å². The van der Waals surface area contributed by atoms with Gasteiger partial charge in [0.1, 0.15) is 30.4 Å². The molecule has 0 fully saturated rings. The molecule has 0 aliphatic heterocycles. The second-order valence-electron chi connectivity index (χ2n) is 7.32. The fraction of sp³-hybridized carbons (Fsp3) is 0.636. The summed E-state index contributed by atoms with van der Waals surface area (Å²) in [5.74, 6) is -1.18. The molecule has 0 spiro atoms. The number of hydrogen-bond acceptors (Lipinski definition) is 3. The van der Waals surface area contributed by atoms with Gasteiger partial charge in [0.15, 0.2) is 0 Å². The Hall–Kier alpha value is -1.82. The van der Waals surface area contributed by atoms with Crippen LogP contribution in [0.4, 0.5) is 8.78 Å². The maximum Gasteiger partial charge on any atom is 0.137 e. The fourth-order valence-corrected chi connectivity index (χ4v) is 3.32. The van der Waals surface area contributed by atoms with Gasteiger partial charge >= 0.3 is 0 Å². The Labute approximate surface area is 167 Å². The first-order valence-corrected chi connectivity index (χ1v) is 10.6. The molecule has 4 nitrogen and oxygen atoms in total. The maximum atomic E-state index is 14.2. The molecule has 6 heteroatoms. The predicted octanol–water partition coefficient (Wildman–Crippen LogP) is 6.24. The molecule has 0 saturated carbocycles. The van der Waals surface area contributed by atoms with Gasteiger partial charge < -0.3 is 4.74 Å². The van der Waals surface area contributed by atoms with E-state index in [0.29, 0.717) is 18.7 Å². The molecule has 0 N–H and O–H groups in total. The molecule has 0 saturated heterocycles. The predicted molar refractivity (Wildman–Crippen MR) is 107 cm³/mol. The molecule has 0 bridgehead atoms. The average molecular weight is 394 g/mol. The molecule has 2 rings (SSSR count). The van der Waals surface area contributed by atoms with Crippen LogP contribution in [0.3, 0.4) is 0 Å². The summed E-state index contributed by atoms with van der Waals surface area (Å²) < 4.78 is 35.0. The molecule has 1 atom stereocenters. The van der Waals surface area contributed by atoms with Gasteiger partial charge in [0, 0.05) is 18.2 Å². The number of rotatable bonds is 15. The van der Waals surface area contributed by atoms with E-state index in [0.717, 1.165) is 18.9 Å². The summed E-state index contributed by atoms with van der Waals surface area (Å²) in [6.45, 7) is 3.13. The zero-order valence-corrected chi connectivity index (χ0v) is 17.0. The smallest absolute Gasteiger partial charge is 0.137 e. The van der Waals surface area contributed by atoms with Crippen LogP contribution in [0.1, 0.15) is 82.8 Å². The lowest BCUT2D eigenvalue weighted by Crippen LogP contribution is -2.15. The zero-order valence-electron chi connectivity index (χ0n) is 17.0. The van der Waals surface area contributed by atoms with Crippen molar-refractivity contribution in [2.24, 2.45) is 0 Å². The largest absolute Gasteiger partial charge is 0.371 e. The second-order valence-corrected chi connectivity index (χ2v) is 7.32. The van der Waals surface area contributed by atoms with Gasteiger partial charge in [-0.2, -0.15) is 5.10 Å². The van der Waals surface area contributed by atoms with E-state index in [9.17, 15) is 8.78 Å². The van der Waals surface area contributed by atoms with E-state index in [-0.39, 0.29) is 0 Å². The third kappa shape index (κ3) is 8.46. The van der Waals surface area contributed by atoms with Crippen molar-refractivity contribution in [3.8, 4) is 0 Å². The van der Waals surface area contributed by atoms with Crippen LogP contribution in [-0.4, -0.2) is 21.4 Å². The quantitative estimate of drug-likeness (QED) is 0.337. The summed E-state index contributed by atoms with van der Waals surface area (Å²) in [4.78, 5) is 3.91. The molecular formula is C22H33F2N3O. The molecule has 28 heavy (non-hydrogen) atoms. The van der Waals surface area contributed by atoms with Crippen molar-refractivity contribution in [3.05, 3.63) is 48.1 Å². The van der Waals surface area contributed by atoms with Gasteiger partial charge in [0.2, 0.25) is 0 Å². The summed E-state index contributed by atoms with van der Waals surface area (Å²) in [6, 6.07) is 3.61. The molecule has 156 valence electrons. The summed E-state index contributed by atoms with van der Waals surface area (Å²) in [7, 11) is 0. The number of unbranched alkanes of at least 4 members (excludes halogenated alkanes) is 9. The van der Waals surface area contributed by atoms with Crippen molar-refractivity contribution in [2.45, 2.75) is 83.8 Å². The summed E-state index contributed by atoms with van der Waals surface area (Å²) in [5, 5.41) is 4.06. The number of ether oxygens (including phenoxy) is 1. The lowest BCUT2D eigenvalue weighted by Gasteiger charge is -2.19. The summed E-state index contributed by atoms with van der Waals surface area (Å²) in [6.07, 6.45) is 15.0. The molecule has 1 unspecified atom stereocenters. The zero-order chi connectivity index (χ0) is 20.0. The fourth-order valence-electron chi connectivity index (χ4n) is 3.32. The van der Waals surface area contributed by atoms with Gasteiger partial charge in [0.25, 0.3) is 0 Å². The van der Waals surface area contributed by atoms with E-state index in [1.165, 1.54) is 69.8 Å². The van der Waals surface area contributed by atoms with Crippen LogP contribution in [-0.2, 0) is 11.3 Å². The standard InChI is InChI=1S/C22H33F2N3O/c1-2-3-4-5-6-7-8-9-10-11-14-28-22(16-27-18-25-17-26-27)20-13-12-19(23)15-21(20)24/h12-13,15,17-18,22H,2-11,14,16H2,1H3. The van der Waals surface area contributed by atoms with Gasteiger partial charge in [-0.15, -0.1) is 0 Å². The first-order chi connectivity index (χ1) is 13.7. The van der Waals surface area contributed by atoms with Crippen LogP contribution in [0, 0.1) is 11.6 Å². The maximum absolute atomic E-state index is 14.2. The van der Waals surface area contributed by atoms with Crippen LogP contribution in [0.5, 0.6) is 0 Å². The Bertz CT molecular complexity index is 649. The molecule has 0 aliphatic rings. The Balaban J connectivity index is 1.69. The molecule has 1 aromatic heterocycles. The Morgan fingerprint density at radius 1 is 0.964 bits per heavy atom. The SMILES string of the molecule is CCCCCCCCCCCCOC(Cn1cncn1)c1ccc(F)cc1F. The third-order valence-corrected chi connectivity index (χ3v) is 4.95. The van der Waals surface area contributed by atoms with E-state index < -0.39 is 17.7 Å². The highest BCUT2D eigenvalue weighted by Crippen LogP contribution is 2.24. The van der Waals surface area contributed by atoms with Crippen LogP contribution >= 0.6 is 0 Å². The van der Waals surface area contributed by atoms with Crippen molar-refractivity contribution in [1.82, 2.24) is 14.8 Å². The average Bonchev–Trinajstić information content (AvgIpc) is 3.18. The Kier molecular flexibility index (Phi) is 10.7. The van der Waals surface area contributed by atoms with E-state index in [1.54, 1.807) is 11.0 Å².